The Bertz CT molecular complexity index is 1670. The summed E-state index contributed by atoms with van der Waals surface area (Å²) in [5.41, 5.74) is 9.36. The number of nitrogens with zero attached hydrogens (tertiary/aromatic N) is 3. The lowest BCUT2D eigenvalue weighted by molar-refractivity contribution is 0.521. The van der Waals surface area contributed by atoms with Crippen molar-refractivity contribution in [3.05, 3.63) is 67.0 Å². The van der Waals surface area contributed by atoms with Crippen LogP contribution in [-0.2, 0) is 20.0 Å². The predicted octanol–water partition coefficient (Wildman–Crippen LogP) is 3.48. The van der Waals surface area contributed by atoms with E-state index in [-0.39, 0.29) is 21.7 Å². The smallest absolute Gasteiger partial charge is 0.246 e. The van der Waals surface area contributed by atoms with Crippen LogP contribution in [0.1, 0.15) is 13.8 Å². The second kappa shape index (κ2) is 9.58. The summed E-state index contributed by atoms with van der Waals surface area (Å²) in [6.45, 7) is 3.53. The van der Waals surface area contributed by atoms with Gasteiger partial charge in [0.25, 0.3) is 0 Å². The Morgan fingerprint density at radius 1 is 0.889 bits per heavy atom. The molecule has 0 bridgehead atoms. The van der Waals surface area contributed by atoms with E-state index in [0.29, 0.717) is 22.2 Å². The second-order valence-electron chi connectivity index (χ2n) is 8.79. The Kier molecular flexibility index (Phi) is 6.84. The number of nitrogens with one attached hydrogen (secondary N) is 1. The van der Waals surface area contributed by atoms with Gasteiger partial charge in [-0.15, -0.1) is 0 Å². The van der Waals surface area contributed by atoms with Gasteiger partial charge in [-0.1, -0.05) is 18.2 Å². The van der Waals surface area contributed by atoms with Gasteiger partial charge in [0.2, 0.25) is 20.0 Å². The molecule has 11 heteroatoms. The van der Waals surface area contributed by atoms with E-state index in [1.807, 2.05) is 30.3 Å². The Labute approximate surface area is 211 Å². The first-order chi connectivity index (χ1) is 16.9. The lowest BCUT2D eigenvalue weighted by Crippen LogP contribution is -2.30. The average Bonchev–Trinajstić information content (AvgIpc) is 2.82. The summed E-state index contributed by atoms with van der Waals surface area (Å²) in [4.78, 5) is 8.63. The Morgan fingerprint density at radius 2 is 1.64 bits per heavy atom. The molecule has 0 aliphatic rings. The van der Waals surface area contributed by atoms with Crippen molar-refractivity contribution in [3.8, 4) is 22.3 Å². The fraction of sp³-hybridized carbons (Fsp3) is 0.200. The summed E-state index contributed by atoms with van der Waals surface area (Å²) in [6.07, 6.45) is 3.18. The molecule has 2 heterocycles. The van der Waals surface area contributed by atoms with Crippen molar-refractivity contribution in [3.63, 3.8) is 0 Å². The van der Waals surface area contributed by atoms with Crippen LogP contribution in [0.15, 0.2) is 76.8 Å². The highest BCUT2D eigenvalue weighted by Gasteiger charge is 2.22. The molecule has 0 aliphatic heterocycles. The molecule has 0 spiro atoms. The third kappa shape index (κ3) is 4.96. The van der Waals surface area contributed by atoms with Crippen LogP contribution in [0.2, 0.25) is 0 Å². The fourth-order valence-corrected chi connectivity index (χ4v) is 6.09. The first-order valence-corrected chi connectivity index (χ1v) is 14.0. The molecule has 9 nitrogen and oxygen atoms in total. The van der Waals surface area contributed by atoms with E-state index in [1.54, 1.807) is 38.2 Å². The molecule has 0 unspecified atom stereocenters. The van der Waals surface area contributed by atoms with Crippen molar-refractivity contribution in [2.75, 3.05) is 19.8 Å². The number of nitrogens with two attached hydrogens (primary N) is 1. The Balaban J connectivity index is 1.86. The zero-order chi connectivity index (χ0) is 26.3. The van der Waals surface area contributed by atoms with Crippen molar-refractivity contribution in [1.29, 1.82) is 0 Å². The highest BCUT2D eigenvalue weighted by Crippen LogP contribution is 2.33. The van der Waals surface area contributed by atoms with Gasteiger partial charge >= 0.3 is 0 Å². The van der Waals surface area contributed by atoms with E-state index in [9.17, 15) is 16.8 Å². The third-order valence-corrected chi connectivity index (χ3v) is 9.06. The first-order valence-electron chi connectivity index (χ1n) is 11.1. The molecule has 4 aromatic rings. The van der Waals surface area contributed by atoms with Gasteiger partial charge in [-0.25, -0.2) is 30.8 Å². The lowest BCUT2D eigenvalue weighted by atomic mass is 9.98. The SMILES string of the molecule is CC(C)NS(=O)(=O)c1cccc(-c2ccnc3ccc(-c4cnc(N)c(S(=O)(=O)N(C)C)c4)cc23)c1. The molecule has 0 radical (unpaired) electrons. The quantitative estimate of drug-likeness (QED) is 0.377. The van der Waals surface area contributed by atoms with E-state index >= 15 is 0 Å². The summed E-state index contributed by atoms with van der Waals surface area (Å²) >= 11 is 0. The number of hydrogen-bond acceptors (Lipinski definition) is 7. The summed E-state index contributed by atoms with van der Waals surface area (Å²) < 4.78 is 54.6. The van der Waals surface area contributed by atoms with Gasteiger partial charge < -0.3 is 5.73 Å². The van der Waals surface area contributed by atoms with Crippen LogP contribution in [0.3, 0.4) is 0 Å². The monoisotopic (exact) mass is 525 g/mol. The first kappa shape index (κ1) is 25.7. The zero-order valence-corrected chi connectivity index (χ0v) is 21.9. The fourth-order valence-electron chi connectivity index (χ4n) is 3.80. The van der Waals surface area contributed by atoms with Crippen LogP contribution in [-0.4, -0.2) is 51.2 Å². The van der Waals surface area contributed by atoms with Crippen LogP contribution < -0.4 is 10.5 Å². The molecule has 2 aromatic carbocycles. The van der Waals surface area contributed by atoms with Crippen LogP contribution in [0.25, 0.3) is 33.2 Å². The molecule has 0 aliphatic carbocycles. The molecule has 0 saturated carbocycles. The van der Waals surface area contributed by atoms with Crippen LogP contribution in [0.4, 0.5) is 5.82 Å². The molecule has 0 amide bonds. The maximum absolute atomic E-state index is 12.7. The van der Waals surface area contributed by atoms with Crippen molar-refractivity contribution in [1.82, 2.24) is 19.0 Å². The van der Waals surface area contributed by atoms with Gasteiger partial charge in [-0.05, 0) is 66.9 Å². The molecule has 2 aromatic heterocycles. The van der Waals surface area contributed by atoms with Crippen molar-refractivity contribution < 1.29 is 16.8 Å². The number of benzene rings is 2. The Morgan fingerprint density at radius 3 is 2.33 bits per heavy atom. The van der Waals surface area contributed by atoms with E-state index in [1.165, 1.54) is 26.4 Å². The molecule has 188 valence electrons. The Hall–Kier alpha value is -3.38. The van der Waals surface area contributed by atoms with E-state index < -0.39 is 20.0 Å². The van der Waals surface area contributed by atoms with Gasteiger partial charge in [0.1, 0.15) is 10.7 Å². The topological polar surface area (TPSA) is 135 Å². The summed E-state index contributed by atoms with van der Waals surface area (Å²) in [7, 11) is -4.60. The number of rotatable bonds is 7. The van der Waals surface area contributed by atoms with E-state index in [4.69, 9.17) is 5.73 Å². The van der Waals surface area contributed by atoms with Gasteiger partial charge in [0.05, 0.1) is 10.4 Å². The molecule has 3 N–H and O–H groups in total. The molecule has 0 atom stereocenters. The number of pyridine rings is 2. The maximum atomic E-state index is 12.7. The van der Waals surface area contributed by atoms with E-state index in [2.05, 4.69) is 14.7 Å². The number of fused-ring (bicyclic) bond motifs is 1. The van der Waals surface area contributed by atoms with Gasteiger partial charge in [0.15, 0.2) is 0 Å². The normalized spacial score (nSPS) is 12.5. The van der Waals surface area contributed by atoms with Crippen molar-refractivity contribution >= 4 is 36.8 Å². The predicted molar refractivity (Wildman–Crippen MR) is 141 cm³/mol. The summed E-state index contributed by atoms with van der Waals surface area (Å²) in [5, 5.41) is 0.773. The van der Waals surface area contributed by atoms with Crippen molar-refractivity contribution in [2.45, 2.75) is 29.7 Å². The standard InChI is InChI=1S/C25H27N5O4S2/c1-16(2)29-35(31,32)20-7-5-6-18(12-20)21-10-11-27-23-9-8-17(13-22(21)23)19-14-24(25(26)28-15-19)36(33,34)30(3)4/h5-16,29H,1-4H3,(H2,26,28). The van der Waals surface area contributed by atoms with Crippen LogP contribution in [0, 0.1) is 0 Å². The minimum Gasteiger partial charge on any atom is -0.383 e. The van der Waals surface area contributed by atoms with Gasteiger partial charge in [0, 0.05) is 43.5 Å². The highest BCUT2D eigenvalue weighted by molar-refractivity contribution is 7.89. The minimum atomic E-state index is -3.79. The number of sulfonamides is 2. The molecule has 4 rings (SSSR count). The zero-order valence-electron chi connectivity index (χ0n) is 20.3. The number of anilines is 1. The number of nitrogen functional groups attached to an aromatic ring is 1. The van der Waals surface area contributed by atoms with Crippen LogP contribution in [0.5, 0.6) is 0 Å². The molecule has 0 saturated heterocycles. The van der Waals surface area contributed by atoms with Crippen molar-refractivity contribution in [2.24, 2.45) is 0 Å². The maximum Gasteiger partial charge on any atom is 0.246 e. The third-order valence-electron chi connectivity index (χ3n) is 5.56. The van der Waals surface area contributed by atoms with E-state index in [0.717, 1.165) is 15.3 Å². The number of aromatic nitrogens is 2. The largest absolute Gasteiger partial charge is 0.383 e. The van der Waals surface area contributed by atoms with Crippen LogP contribution >= 0.6 is 0 Å². The minimum absolute atomic E-state index is 0.0768. The molecule has 0 fully saturated rings. The average molecular weight is 526 g/mol. The highest BCUT2D eigenvalue weighted by atomic mass is 32.2. The lowest BCUT2D eigenvalue weighted by Gasteiger charge is -2.14. The van der Waals surface area contributed by atoms with Gasteiger partial charge in [-0.3, -0.25) is 4.98 Å². The molecular weight excluding hydrogens is 498 g/mol. The van der Waals surface area contributed by atoms with Gasteiger partial charge in [-0.2, -0.15) is 0 Å². The second-order valence-corrected chi connectivity index (χ2v) is 12.6. The summed E-state index contributed by atoms with van der Waals surface area (Å²) in [5.74, 6) is -0.0800. The number of hydrogen-bond donors (Lipinski definition) is 2. The molecular formula is C25H27N5O4S2. The molecule has 36 heavy (non-hydrogen) atoms. The summed E-state index contributed by atoms with van der Waals surface area (Å²) in [6, 6.07) is 15.3.